The molecule has 0 aliphatic carbocycles. The average Bonchev–Trinajstić information content (AvgIpc) is 2.82. The molecule has 0 spiro atoms. The van der Waals surface area contributed by atoms with E-state index in [4.69, 9.17) is 11.6 Å². The summed E-state index contributed by atoms with van der Waals surface area (Å²) in [5.74, 6) is 0. The van der Waals surface area contributed by atoms with Crippen molar-refractivity contribution in [3.63, 3.8) is 0 Å². The smallest absolute Gasteiger partial charge is 0.188 e. The van der Waals surface area contributed by atoms with Gasteiger partial charge in [-0.2, -0.15) is 5.10 Å². The van der Waals surface area contributed by atoms with Gasteiger partial charge in [0.2, 0.25) is 0 Å². The van der Waals surface area contributed by atoms with Crippen LogP contribution in [0.2, 0.25) is 5.02 Å². The normalized spacial score (nSPS) is 10.7. The zero-order valence-corrected chi connectivity index (χ0v) is 11.0. The van der Waals surface area contributed by atoms with Crippen LogP contribution in [0.3, 0.4) is 0 Å². The van der Waals surface area contributed by atoms with Gasteiger partial charge < -0.3 is 5.32 Å². The first-order chi connectivity index (χ1) is 8.29. The predicted octanol–water partition coefficient (Wildman–Crippen LogP) is 2.72. The fraction of sp³-hybridized carbons (Fsp3) is 0.273. The maximum atomic E-state index is 6.00. The number of rotatable bonds is 5. The lowest BCUT2D eigenvalue weighted by molar-refractivity contribution is 0.718. The van der Waals surface area contributed by atoms with Gasteiger partial charge in [-0.15, -0.1) is 0 Å². The van der Waals surface area contributed by atoms with Crippen molar-refractivity contribution in [2.45, 2.75) is 23.5 Å². The Hall–Kier alpha value is -1.04. The van der Waals surface area contributed by atoms with Crippen molar-refractivity contribution in [3.05, 3.63) is 35.1 Å². The number of hydrogen-bond acceptors (Lipinski definition) is 4. The van der Waals surface area contributed by atoms with Crippen molar-refractivity contribution in [2.24, 2.45) is 0 Å². The van der Waals surface area contributed by atoms with Gasteiger partial charge in [-0.25, -0.2) is 4.98 Å². The second-order valence-corrected chi connectivity index (χ2v) is 4.89. The second-order valence-electron chi connectivity index (χ2n) is 3.43. The van der Waals surface area contributed by atoms with E-state index in [0.29, 0.717) is 0 Å². The summed E-state index contributed by atoms with van der Waals surface area (Å²) in [4.78, 5) is 5.23. The van der Waals surface area contributed by atoms with E-state index in [0.717, 1.165) is 28.2 Å². The number of H-pyrrole nitrogens is 1. The molecule has 0 atom stereocenters. The molecule has 0 bridgehead atoms. The van der Waals surface area contributed by atoms with E-state index >= 15 is 0 Å². The second kappa shape index (κ2) is 6.05. The highest BCUT2D eigenvalue weighted by Gasteiger charge is 2.06. The molecule has 2 rings (SSSR count). The van der Waals surface area contributed by atoms with E-state index < -0.39 is 0 Å². The summed E-state index contributed by atoms with van der Waals surface area (Å²) in [7, 11) is 0. The van der Waals surface area contributed by atoms with Crippen molar-refractivity contribution in [1.29, 1.82) is 0 Å². The molecule has 0 saturated heterocycles. The monoisotopic (exact) mass is 268 g/mol. The molecule has 2 aromatic rings. The minimum Gasteiger partial charge on any atom is -0.313 e. The summed E-state index contributed by atoms with van der Waals surface area (Å²) < 4.78 is 0. The highest BCUT2D eigenvalue weighted by molar-refractivity contribution is 7.99. The standard InChI is InChI=1S/C11H13ClN4S/c1-2-13-6-8-5-9(12)3-4-10(8)17-11-14-7-15-16-11/h3-5,7,13H,2,6H2,1H3,(H,14,15,16). The van der Waals surface area contributed by atoms with Crippen molar-refractivity contribution in [2.75, 3.05) is 6.54 Å². The fourth-order valence-corrected chi connectivity index (χ4v) is 2.39. The fourth-order valence-electron chi connectivity index (χ4n) is 1.39. The van der Waals surface area contributed by atoms with Crippen molar-refractivity contribution < 1.29 is 0 Å². The van der Waals surface area contributed by atoms with Crippen LogP contribution in [0, 0.1) is 0 Å². The molecule has 4 nitrogen and oxygen atoms in total. The molecule has 0 saturated carbocycles. The summed E-state index contributed by atoms with van der Waals surface area (Å²) in [6.07, 6.45) is 1.50. The van der Waals surface area contributed by atoms with Crippen molar-refractivity contribution in [1.82, 2.24) is 20.5 Å². The van der Waals surface area contributed by atoms with E-state index in [1.807, 2.05) is 18.2 Å². The number of nitrogens with zero attached hydrogens (tertiary/aromatic N) is 2. The van der Waals surface area contributed by atoms with Gasteiger partial charge in [-0.1, -0.05) is 30.3 Å². The Labute approximate surface area is 109 Å². The van der Waals surface area contributed by atoms with Crippen molar-refractivity contribution >= 4 is 23.4 Å². The average molecular weight is 269 g/mol. The Kier molecular flexibility index (Phi) is 4.42. The van der Waals surface area contributed by atoms with Gasteiger partial charge >= 0.3 is 0 Å². The van der Waals surface area contributed by atoms with Crippen LogP contribution in [0.25, 0.3) is 0 Å². The first kappa shape index (κ1) is 12.4. The minimum atomic E-state index is 0.750. The summed E-state index contributed by atoms with van der Waals surface area (Å²) >= 11 is 7.56. The van der Waals surface area contributed by atoms with Crippen LogP contribution in [0.1, 0.15) is 12.5 Å². The third-order valence-corrected chi connectivity index (χ3v) is 3.43. The highest BCUT2D eigenvalue weighted by atomic mass is 35.5. The van der Waals surface area contributed by atoms with Gasteiger partial charge in [0, 0.05) is 16.5 Å². The number of aromatic amines is 1. The first-order valence-corrected chi connectivity index (χ1v) is 6.51. The molecule has 90 valence electrons. The predicted molar refractivity (Wildman–Crippen MR) is 69.3 cm³/mol. The van der Waals surface area contributed by atoms with Gasteiger partial charge in [-0.3, -0.25) is 5.10 Å². The third kappa shape index (κ3) is 3.46. The molecule has 1 aromatic carbocycles. The van der Waals surface area contributed by atoms with Crippen LogP contribution < -0.4 is 5.32 Å². The SMILES string of the molecule is CCNCc1cc(Cl)ccc1Sc1ncn[nH]1. The van der Waals surface area contributed by atoms with Crippen LogP contribution in [0.15, 0.2) is 34.6 Å². The Morgan fingerprint density at radius 3 is 3.06 bits per heavy atom. The first-order valence-electron chi connectivity index (χ1n) is 5.32. The van der Waals surface area contributed by atoms with Gasteiger partial charge in [-0.05, 0) is 30.3 Å². The maximum Gasteiger partial charge on any atom is 0.188 e. The molecule has 0 aliphatic heterocycles. The van der Waals surface area contributed by atoms with Crippen LogP contribution in [-0.2, 0) is 6.54 Å². The van der Waals surface area contributed by atoms with E-state index in [2.05, 4.69) is 27.4 Å². The van der Waals surface area contributed by atoms with Gasteiger partial charge in [0.1, 0.15) is 6.33 Å². The molecular weight excluding hydrogens is 256 g/mol. The Bertz CT molecular complexity index is 472. The number of aromatic nitrogens is 3. The van der Waals surface area contributed by atoms with Crippen LogP contribution >= 0.6 is 23.4 Å². The molecule has 0 radical (unpaired) electrons. The van der Waals surface area contributed by atoms with Crippen LogP contribution in [0.5, 0.6) is 0 Å². The molecule has 6 heteroatoms. The number of nitrogens with one attached hydrogen (secondary N) is 2. The van der Waals surface area contributed by atoms with E-state index in [1.54, 1.807) is 11.8 Å². The molecule has 17 heavy (non-hydrogen) atoms. The molecule has 1 heterocycles. The molecule has 1 aromatic heterocycles. The molecule has 0 amide bonds. The summed E-state index contributed by atoms with van der Waals surface area (Å²) in [6, 6.07) is 5.86. The minimum absolute atomic E-state index is 0.750. The van der Waals surface area contributed by atoms with Crippen LogP contribution in [-0.4, -0.2) is 21.7 Å². The largest absolute Gasteiger partial charge is 0.313 e. The van der Waals surface area contributed by atoms with E-state index in [9.17, 15) is 0 Å². The Balaban J connectivity index is 2.19. The lowest BCUT2D eigenvalue weighted by Gasteiger charge is -2.08. The molecule has 0 fully saturated rings. The van der Waals surface area contributed by atoms with Crippen molar-refractivity contribution in [3.8, 4) is 0 Å². The van der Waals surface area contributed by atoms with Crippen LogP contribution in [0.4, 0.5) is 0 Å². The molecule has 2 N–H and O–H groups in total. The number of halogens is 1. The number of hydrogen-bond donors (Lipinski definition) is 2. The van der Waals surface area contributed by atoms with E-state index in [1.165, 1.54) is 11.9 Å². The Morgan fingerprint density at radius 2 is 2.35 bits per heavy atom. The summed E-state index contributed by atoms with van der Waals surface area (Å²) in [5.41, 5.74) is 1.17. The molecule has 0 unspecified atom stereocenters. The van der Waals surface area contributed by atoms with E-state index in [-0.39, 0.29) is 0 Å². The maximum absolute atomic E-state index is 6.00. The molecule has 0 aliphatic rings. The topological polar surface area (TPSA) is 53.6 Å². The lowest BCUT2D eigenvalue weighted by atomic mass is 10.2. The van der Waals surface area contributed by atoms with Gasteiger partial charge in [0.15, 0.2) is 5.16 Å². The third-order valence-electron chi connectivity index (χ3n) is 2.19. The summed E-state index contributed by atoms with van der Waals surface area (Å²) in [5, 5.41) is 11.5. The zero-order valence-electron chi connectivity index (χ0n) is 9.40. The Morgan fingerprint density at radius 1 is 1.47 bits per heavy atom. The lowest BCUT2D eigenvalue weighted by Crippen LogP contribution is -2.12. The highest BCUT2D eigenvalue weighted by Crippen LogP contribution is 2.29. The summed E-state index contributed by atoms with van der Waals surface area (Å²) in [6.45, 7) is 3.81. The molecular formula is C11H13ClN4S. The number of benzene rings is 1. The van der Waals surface area contributed by atoms with Gasteiger partial charge in [0.25, 0.3) is 0 Å². The van der Waals surface area contributed by atoms with Gasteiger partial charge in [0.05, 0.1) is 0 Å². The quantitative estimate of drug-likeness (QED) is 0.876. The zero-order chi connectivity index (χ0) is 12.1.